The molecule has 24 heavy (non-hydrogen) atoms. The van der Waals surface area contributed by atoms with E-state index in [0.29, 0.717) is 5.69 Å². The molecule has 1 fully saturated rings. The van der Waals surface area contributed by atoms with Crippen LogP contribution in [0.25, 0.3) is 10.9 Å². The zero-order valence-electron chi connectivity index (χ0n) is 13.2. The molecule has 1 amide bonds. The molecule has 1 aromatic heterocycles. The van der Waals surface area contributed by atoms with Gasteiger partial charge in [0, 0.05) is 5.39 Å². The standard InChI is InChI=1S/C16H18N4O2.2ClH/c1-22-13-6-7-14-11(9-13)4-5-12(19-14)10-18-20-16(21)15-3-2-8-17-15;;/h4-7,9-10,15,17H,2-3,8H2,1H3,(H,20,21);2*1H. The summed E-state index contributed by atoms with van der Waals surface area (Å²) in [6.07, 6.45) is 3.44. The van der Waals surface area contributed by atoms with Crippen LogP contribution in [0.2, 0.25) is 0 Å². The number of rotatable bonds is 4. The Morgan fingerprint density at radius 1 is 1.38 bits per heavy atom. The average Bonchev–Trinajstić information content (AvgIpc) is 3.08. The first-order chi connectivity index (χ1) is 10.8. The van der Waals surface area contributed by atoms with Gasteiger partial charge in [-0.1, -0.05) is 6.07 Å². The van der Waals surface area contributed by atoms with Crippen LogP contribution in [0.15, 0.2) is 35.4 Å². The average molecular weight is 371 g/mol. The summed E-state index contributed by atoms with van der Waals surface area (Å²) >= 11 is 0. The molecule has 0 radical (unpaired) electrons. The van der Waals surface area contributed by atoms with E-state index in [9.17, 15) is 4.79 Å². The first kappa shape index (κ1) is 20.2. The van der Waals surface area contributed by atoms with Crippen molar-refractivity contribution in [1.29, 1.82) is 0 Å². The number of fused-ring (bicyclic) bond motifs is 1. The van der Waals surface area contributed by atoms with Gasteiger partial charge in [-0.3, -0.25) is 4.79 Å². The molecule has 6 nitrogen and oxygen atoms in total. The summed E-state index contributed by atoms with van der Waals surface area (Å²) in [7, 11) is 1.64. The Labute approximate surface area is 152 Å². The lowest BCUT2D eigenvalue weighted by Gasteiger charge is -2.06. The molecule has 1 unspecified atom stereocenters. The van der Waals surface area contributed by atoms with Crippen LogP contribution in [0, 0.1) is 0 Å². The lowest BCUT2D eigenvalue weighted by molar-refractivity contribution is -0.122. The van der Waals surface area contributed by atoms with Crippen LogP contribution in [-0.2, 0) is 4.79 Å². The van der Waals surface area contributed by atoms with Gasteiger partial charge in [0.2, 0.25) is 0 Å². The van der Waals surface area contributed by atoms with Crippen LogP contribution in [0.4, 0.5) is 0 Å². The number of pyridine rings is 1. The fourth-order valence-electron chi connectivity index (χ4n) is 2.47. The number of nitrogens with one attached hydrogen (secondary N) is 2. The van der Waals surface area contributed by atoms with Crippen molar-refractivity contribution in [3.8, 4) is 5.75 Å². The summed E-state index contributed by atoms with van der Waals surface area (Å²) in [4.78, 5) is 16.3. The van der Waals surface area contributed by atoms with Crippen molar-refractivity contribution in [1.82, 2.24) is 15.7 Å². The van der Waals surface area contributed by atoms with Crippen molar-refractivity contribution in [2.24, 2.45) is 5.10 Å². The van der Waals surface area contributed by atoms with Crippen molar-refractivity contribution in [3.05, 3.63) is 36.0 Å². The van der Waals surface area contributed by atoms with Gasteiger partial charge >= 0.3 is 0 Å². The van der Waals surface area contributed by atoms with Crippen molar-refractivity contribution >= 4 is 47.8 Å². The van der Waals surface area contributed by atoms with E-state index >= 15 is 0 Å². The molecule has 1 saturated heterocycles. The molecule has 3 rings (SSSR count). The minimum absolute atomic E-state index is 0. The molecule has 1 aliphatic heterocycles. The minimum Gasteiger partial charge on any atom is -0.497 e. The number of hydrazone groups is 1. The number of nitrogens with zero attached hydrogens (tertiary/aromatic N) is 2. The molecular formula is C16H20Cl2N4O2. The number of ether oxygens (including phenoxy) is 1. The Morgan fingerprint density at radius 2 is 2.21 bits per heavy atom. The molecule has 0 aliphatic carbocycles. The number of methoxy groups -OCH3 is 1. The number of aromatic nitrogens is 1. The number of amides is 1. The van der Waals surface area contributed by atoms with Crippen molar-refractivity contribution in [3.63, 3.8) is 0 Å². The van der Waals surface area contributed by atoms with Gasteiger partial charge in [-0.2, -0.15) is 5.10 Å². The number of hydrogen-bond acceptors (Lipinski definition) is 5. The molecule has 1 atom stereocenters. The van der Waals surface area contributed by atoms with E-state index in [1.54, 1.807) is 13.3 Å². The van der Waals surface area contributed by atoms with E-state index in [4.69, 9.17) is 4.74 Å². The predicted molar refractivity (Wildman–Crippen MR) is 99.6 cm³/mol. The second kappa shape index (κ2) is 9.42. The van der Waals surface area contributed by atoms with Crippen molar-refractivity contribution < 1.29 is 9.53 Å². The Balaban J connectivity index is 0.00000144. The Morgan fingerprint density at radius 3 is 2.92 bits per heavy atom. The highest BCUT2D eigenvalue weighted by Crippen LogP contribution is 2.19. The van der Waals surface area contributed by atoms with Gasteiger partial charge in [-0.05, 0) is 43.7 Å². The number of carbonyl (C=O) groups excluding carboxylic acids is 1. The smallest absolute Gasteiger partial charge is 0.257 e. The molecule has 1 aliphatic rings. The van der Waals surface area contributed by atoms with E-state index in [-0.39, 0.29) is 36.8 Å². The predicted octanol–water partition coefficient (Wildman–Crippen LogP) is 2.29. The second-order valence-corrected chi connectivity index (χ2v) is 5.18. The molecule has 0 bridgehead atoms. The molecule has 8 heteroatoms. The van der Waals surface area contributed by atoms with E-state index in [2.05, 4.69) is 20.8 Å². The number of halogens is 2. The summed E-state index contributed by atoms with van der Waals surface area (Å²) in [5.74, 6) is 0.700. The number of carbonyl (C=O) groups is 1. The molecule has 0 saturated carbocycles. The zero-order valence-corrected chi connectivity index (χ0v) is 14.8. The van der Waals surface area contributed by atoms with Crippen LogP contribution < -0.4 is 15.5 Å². The van der Waals surface area contributed by atoms with Crippen molar-refractivity contribution in [2.75, 3.05) is 13.7 Å². The quantitative estimate of drug-likeness (QED) is 0.639. The largest absolute Gasteiger partial charge is 0.497 e. The molecular weight excluding hydrogens is 351 g/mol. The van der Waals surface area contributed by atoms with Crippen LogP contribution in [-0.4, -0.2) is 36.8 Å². The summed E-state index contributed by atoms with van der Waals surface area (Å²) < 4.78 is 5.18. The maximum Gasteiger partial charge on any atom is 0.257 e. The van der Waals surface area contributed by atoms with E-state index in [1.807, 2.05) is 30.3 Å². The molecule has 1 aromatic carbocycles. The summed E-state index contributed by atoms with van der Waals surface area (Å²) in [6, 6.07) is 9.36. The Kier molecular flexibility index (Phi) is 7.91. The van der Waals surface area contributed by atoms with Gasteiger partial charge in [-0.25, -0.2) is 10.4 Å². The highest BCUT2D eigenvalue weighted by Gasteiger charge is 2.21. The number of hydrogen-bond donors (Lipinski definition) is 2. The molecule has 2 heterocycles. The lowest BCUT2D eigenvalue weighted by Crippen LogP contribution is -2.38. The first-order valence-electron chi connectivity index (χ1n) is 7.27. The summed E-state index contributed by atoms with van der Waals surface area (Å²) in [5, 5.41) is 8.10. The lowest BCUT2D eigenvalue weighted by atomic mass is 10.2. The van der Waals surface area contributed by atoms with Crippen LogP contribution in [0.3, 0.4) is 0 Å². The zero-order chi connectivity index (χ0) is 15.4. The van der Waals surface area contributed by atoms with Crippen LogP contribution in [0.1, 0.15) is 18.5 Å². The van der Waals surface area contributed by atoms with Gasteiger partial charge in [0.05, 0.1) is 30.6 Å². The summed E-state index contributed by atoms with van der Waals surface area (Å²) in [6.45, 7) is 0.886. The Hall–Kier alpha value is -1.89. The fraction of sp³-hybridized carbons (Fsp3) is 0.312. The highest BCUT2D eigenvalue weighted by molar-refractivity contribution is 5.87. The minimum atomic E-state index is -0.130. The summed E-state index contributed by atoms with van der Waals surface area (Å²) in [5.41, 5.74) is 4.09. The normalized spacial score (nSPS) is 16.5. The Bertz CT molecular complexity index is 718. The SMILES string of the molecule is COc1ccc2nc(C=NNC(=O)C3CCCN3)ccc2c1.Cl.Cl. The number of benzene rings is 1. The highest BCUT2D eigenvalue weighted by atomic mass is 35.5. The van der Waals surface area contributed by atoms with Crippen LogP contribution in [0.5, 0.6) is 5.75 Å². The van der Waals surface area contributed by atoms with Gasteiger partial charge < -0.3 is 10.1 Å². The van der Waals surface area contributed by atoms with E-state index in [0.717, 1.165) is 36.0 Å². The van der Waals surface area contributed by atoms with E-state index < -0.39 is 0 Å². The second-order valence-electron chi connectivity index (χ2n) is 5.18. The van der Waals surface area contributed by atoms with Gasteiger partial charge in [-0.15, -0.1) is 24.8 Å². The fourth-order valence-corrected chi connectivity index (χ4v) is 2.47. The third kappa shape index (κ3) is 4.80. The topological polar surface area (TPSA) is 75.6 Å². The van der Waals surface area contributed by atoms with Gasteiger partial charge in [0.15, 0.2) is 0 Å². The van der Waals surface area contributed by atoms with Crippen LogP contribution >= 0.6 is 24.8 Å². The van der Waals surface area contributed by atoms with Gasteiger partial charge in [0.25, 0.3) is 5.91 Å². The first-order valence-corrected chi connectivity index (χ1v) is 7.27. The third-order valence-corrected chi connectivity index (χ3v) is 3.67. The molecule has 2 N–H and O–H groups in total. The van der Waals surface area contributed by atoms with Gasteiger partial charge in [0.1, 0.15) is 5.75 Å². The molecule has 130 valence electrons. The van der Waals surface area contributed by atoms with E-state index in [1.165, 1.54) is 0 Å². The monoisotopic (exact) mass is 370 g/mol. The van der Waals surface area contributed by atoms with Crippen molar-refractivity contribution in [2.45, 2.75) is 18.9 Å². The maximum absolute atomic E-state index is 11.8. The third-order valence-electron chi connectivity index (χ3n) is 3.67. The maximum atomic E-state index is 11.8. The molecule has 2 aromatic rings. The molecule has 0 spiro atoms.